The van der Waals surface area contributed by atoms with E-state index >= 15 is 0 Å². The van der Waals surface area contributed by atoms with Crippen LogP contribution < -0.4 is 0 Å². The number of aromatic nitrogens is 4. The Kier molecular flexibility index (Phi) is 4.28. The molecule has 1 amide bonds. The molecular weight excluding hydrogens is 330 g/mol. The van der Waals surface area contributed by atoms with Gasteiger partial charge >= 0.3 is 0 Å². The summed E-state index contributed by atoms with van der Waals surface area (Å²) in [5.41, 5.74) is 2.20. The van der Waals surface area contributed by atoms with E-state index in [0.29, 0.717) is 24.0 Å². The number of H-pyrrole nitrogens is 1. The van der Waals surface area contributed by atoms with Crippen LogP contribution in [-0.2, 0) is 0 Å². The fourth-order valence-electron chi connectivity index (χ4n) is 3.23. The van der Waals surface area contributed by atoms with Gasteiger partial charge in [0.05, 0.1) is 5.69 Å². The molecule has 4 rings (SSSR count). The summed E-state index contributed by atoms with van der Waals surface area (Å²) in [6, 6.07) is 11.4. The Hall–Kier alpha value is -2.96. The quantitative estimate of drug-likeness (QED) is 0.776. The fourth-order valence-corrected chi connectivity index (χ4v) is 3.23. The van der Waals surface area contributed by atoms with E-state index in [1.165, 1.54) is 0 Å². The van der Waals surface area contributed by atoms with Crippen molar-refractivity contribution < 1.29 is 9.32 Å². The Morgan fingerprint density at radius 2 is 2.12 bits per heavy atom. The molecule has 26 heavy (non-hydrogen) atoms. The number of likely N-dealkylation sites (tertiary alicyclic amines) is 1. The highest BCUT2D eigenvalue weighted by Gasteiger charge is 2.35. The summed E-state index contributed by atoms with van der Waals surface area (Å²) in [5, 5.41) is 11.2. The minimum atomic E-state index is -0.175. The number of nitrogens with zero attached hydrogens (tertiary/aromatic N) is 4. The lowest BCUT2D eigenvalue weighted by molar-refractivity contribution is 0.0704. The molecule has 0 unspecified atom stereocenters. The molecule has 1 atom stereocenters. The third-order valence-corrected chi connectivity index (χ3v) is 4.65. The zero-order valence-electron chi connectivity index (χ0n) is 14.8. The van der Waals surface area contributed by atoms with E-state index in [0.717, 1.165) is 24.1 Å². The third-order valence-electron chi connectivity index (χ3n) is 4.65. The highest BCUT2D eigenvalue weighted by Crippen LogP contribution is 2.33. The van der Waals surface area contributed by atoms with Gasteiger partial charge in [0, 0.05) is 18.0 Å². The molecule has 0 bridgehead atoms. The maximum atomic E-state index is 13.0. The van der Waals surface area contributed by atoms with Crippen LogP contribution in [0.2, 0.25) is 0 Å². The summed E-state index contributed by atoms with van der Waals surface area (Å²) in [6.07, 6.45) is 1.74. The lowest BCUT2D eigenvalue weighted by Crippen LogP contribution is -2.31. The van der Waals surface area contributed by atoms with Crippen molar-refractivity contribution in [2.24, 2.45) is 0 Å². The molecule has 0 radical (unpaired) electrons. The molecule has 7 heteroatoms. The molecule has 0 spiro atoms. The number of carbonyl (C=O) groups excluding carboxylic acids is 1. The molecule has 1 fully saturated rings. The van der Waals surface area contributed by atoms with Crippen LogP contribution in [0.1, 0.15) is 60.9 Å². The van der Waals surface area contributed by atoms with E-state index < -0.39 is 0 Å². The highest BCUT2D eigenvalue weighted by molar-refractivity contribution is 5.93. The first-order valence-corrected chi connectivity index (χ1v) is 8.89. The lowest BCUT2D eigenvalue weighted by Gasteiger charge is -2.20. The Morgan fingerprint density at radius 1 is 1.31 bits per heavy atom. The first-order chi connectivity index (χ1) is 12.6. The summed E-state index contributed by atoms with van der Waals surface area (Å²) in [6.45, 7) is 4.70. The molecule has 0 saturated carbocycles. The second-order valence-electron chi connectivity index (χ2n) is 6.83. The SMILES string of the molecule is CC(C)c1noc([C@@H]2CCCN2C(=O)c2cc(-c3ccccc3)n[nH]2)n1. The van der Waals surface area contributed by atoms with Crippen molar-refractivity contribution in [2.45, 2.75) is 38.6 Å². The van der Waals surface area contributed by atoms with E-state index in [2.05, 4.69) is 20.3 Å². The van der Waals surface area contributed by atoms with Crippen LogP contribution in [0.3, 0.4) is 0 Å². The van der Waals surface area contributed by atoms with Crippen LogP contribution in [0.25, 0.3) is 11.3 Å². The smallest absolute Gasteiger partial charge is 0.272 e. The van der Waals surface area contributed by atoms with Crippen LogP contribution in [0.4, 0.5) is 0 Å². The third kappa shape index (κ3) is 3.00. The second kappa shape index (κ2) is 6.74. The monoisotopic (exact) mass is 351 g/mol. The first kappa shape index (κ1) is 16.5. The average molecular weight is 351 g/mol. The minimum Gasteiger partial charge on any atom is -0.337 e. The van der Waals surface area contributed by atoms with Gasteiger partial charge in [0.1, 0.15) is 11.7 Å². The number of nitrogens with one attached hydrogen (secondary N) is 1. The number of aromatic amines is 1. The molecule has 1 saturated heterocycles. The molecule has 1 aliphatic rings. The number of hydrogen-bond donors (Lipinski definition) is 1. The van der Waals surface area contributed by atoms with E-state index in [9.17, 15) is 4.79 Å². The average Bonchev–Trinajstić information content (AvgIpc) is 3.41. The van der Waals surface area contributed by atoms with Gasteiger partial charge in [-0.2, -0.15) is 10.1 Å². The van der Waals surface area contributed by atoms with Crippen LogP contribution in [-0.4, -0.2) is 37.7 Å². The number of amides is 1. The van der Waals surface area contributed by atoms with Gasteiger partial charge in [-0.3, -0.25) is 9.89 Å². The van der Waals surface area contributed by atoms with Gasteiger partial charge < -0.3 is 9.42 Å². The van der Waals surface area contributed by atoms with Crippen LogP contribution >= 0.6 is 0 Å². The molecule has 7 nitrogen and oxygen atoms in total. The number of carbonyl (C=O) groups is 1. The Bertz CT molecular complexity index is 900. The van der Waals surface area contributed by atoms with Crippen molar-refractivity contribution >= 4 is 5.91 Å². The van der Waals surface area contributed by atoms with Crippen molar-refractivity contribution in [2.75, 3.05) is 6.54 Å². The van der Waals surface area contributed by atoms with E-state index in [4.69, 9.17) is 4.52 Å². The van der Waals surface area contributed by atoms with Gasteiger partial charge in [-0.25, -0.2) is 0 Å². The van der Waals surface area contributed by atoms with Crippen molar-refractivity contribution in [1.29, 1.82) is 0 Å². The molecule has 3 heterocycles. The van der Waals surface area contributed by atoms with Gasteiger partial charge in [0.2, 0.25) is 5.89 Å². The zero-order valence-corrected chi connectivity index (χ0v) is 14.8. The molecule has 1 N–H and O–H groups in total. The Labute approximate surface area is 151 Å². The minimum absolute atomic E-state index is 0.0912. The zero-order chi connectivity index (χ0) is 18.1. The molecule has 134 valence electrons. The maximum absolute atomic E-state index is 13.0. The molecule has 0 aliphatic carbocycles. The summed E-state index contributed by atoms with van der Waals surface area (Å²) in [7, 11) is 0. The van der Waals surface area contributed by atoms with E-state index in [1.807, 2.05) is 44.2 Å². The Balaban J connectivity index is 1.56. The van der Waals surface area contributed by atoms with Gasteiger partial charge in [-0.15, -0.1) is 0 Å². The van der Waals surface area contributed by atoms with Gasteiger partial charge in [0.15, 0.2) is 5.82 Å². The lowest BCUT2D eigenvalue weighted by atomic mass is 10.1. The van der Waals surface area contributed by atoms with Crippen molar-refractivity contribution in [3.63, 3.8) is 0 Å². The van der Waals surface area contributed by atoms with E-state index in [-0.39, 0.29) is 17.9 Å². The summed E-state index contributed by atoms with van der Waals surface area (Å²) in [5.74, 6) is 1.29. The van der Waals surface area contributed by atoms with Crippen LogP contribution in [0, 0.1) is 0 Å². The predicted molar refractivity (Wildman–Crippen MR) is 95.4 cm³/mol. The van der Waals surface area contributed by atoms with E-state index in [1.54, 1.807) is 11.0 Å². The summed E-state index contributed by atoms with van der Waals surface area (Å²) >= 11 is 0. The van der Waals surface area contributed by atoms with Crippen LogP contribution in [0.5, 0.6) is 0 Å². The summed E-state index contributed by atoms with van der Waals surface area (Å²) in [4.78, 5) is 19.2. The molecule has 1 aliphatic heterocycles. The normalized spacial score (nSPS) is 17.2. The second-order valence-corrected chi connectivity index (χ2v) is 6.83. The first-order valence-electron chi connectivity index (χ1n) is 8.89. The van der Waals surface area contributed by atoms with Gasteiger partial charge in [0.25, 0.3) is 5.91 Å². The van der Waals surface area contributed by atoms with Crippen LogP contribution in [0.15, 0.2) is 40.9 Å². The highest BCUT2D eigenvalue weighted by atomic mass is 16.5. The molecular formula is C19H21N5O2. The fraction of sp³-hybridized carbons (Fsp3) is 0.368. The van der Waals surface area contributed by atoms with Gasteiger partial charge in [-0.05, 0) is 18.9 Å². The van der Waals surface area contributed by atoms with Crippen molar-refractivity contribution in [3.05, 3.63) is 53.8 Å². The maximum Gasteiger partial charge on any atom is 0.272 e. The van der Waals surface area contributed by atoms with Crippen molar-refractivity contribution in [3.8, 4) is 11.3 Å². The van der Waals surface area contributed by atoms with Gasteiger partial charge in [-0.1, -0.05) is 49.3 Å². The standard InChI is InChI=1S/C19H21N5O2/c1-12(2)17-20-18(26-23-17)16-9-6-10-24(16)19(25)15-11-14(21-22-15)13-7-4-3-5-8-13/h3-5,7-8,11-12,16H,6,9-10H2,1-2H3,(H,21,22)/t16-/m0/s1. The van der Waals surface area contributed by atoms with Crippen molar-refractivity contribution in [1.82, 2.24) is 25.2 Å². The molecule has 1 aromatic carbocycles. The number of rotatable bonds is 4. The topological polar surface area (TPSA) is 87.9 Å². The predicted octanol–water partition coefficient (Wildman–Crippen LogP) is 3.56. The largest absolute Gasteiger partial charge is 0.337 e. The summed E-state index contributed by atoms with van der Waals surface area (Å²) < 4.78 is 5.42. The number of hydrogen-bond acceptors (Lipinski definition) is 5. The number of benzene rings is 1. The molecule has 2 aromatic heterocycles. The Morgan fingerprint density at radius 3 is 2.85 bits per heavy atom. The molecule has 3 aromatic rings.